The van der Waals surface area contributed by atoms with Crippen molar-refractivity contribution in [3.63, 3.8) is 0 Å². The highest BCUT2D eigenvalue weighted by Crippen LogP contribution is 2.21. The van der Waals surface area contributed by atoms with Gasteiger partial charge in [-0.3, -0.25) is 9.59 Å². The monoisotopic (exact) mass is 299 g/mol. The molecule has 0 aromatic heterocycles. The lowest BCUT2D eigenvalue weighted by atomic mass is 9.93. The van der Waals surface area contributed by atoms with Gasteiger partial charge >= 0.3 is 0 Å². The maximum absolute atomic E-state index is 12.2. The van der Waals surface area contributed by atoms with Crippen LogP contribution in [0.1, 0.15) is 36.8 Å². The van der Waals surface area contributed by atoms with Crippen molar-refractivity contribution in [3.05, 3.63) is 35.4 Å². The van der Waals surface area contributed by atoms with Crippen LogP contribution in [0.25, 0.3) is 0 Å². The normalized spacial score (nSPS) is 15.3. The molecule has 1 aromatic rings. The molecule has 1 aliphatic heterocycles. The van der Waals surface area contributed by atoms with E-state index < -0.39 is 0 Å². The maximum atomic E-state index is 12.2. The average Bonchev–Trinajstić information content (AvgIpc) is 2.53. The largest absolute Gasteiger partial charge is 0.370 e. The second kappa shape index (κ2) is 7.60. The van der Waals surface area contributed by atoms with Gasteiger partial charge in [-0.25, -0.2) is 0 Å². The Morgan fingerprint density at radius 3 is 2.41 bits per heavy atom. The summed E-state index contributed by atoms with van der Waals surface area (Å²) in [6.45, 7) is 1.42. The van der Waals surface area contributed by atoms with E-state index in [0.717, 1.165) is 18.4 Å². The number of carbonyl (C=O) groups excluding carboxylic acids is 2. The van der Waals surface area contributed by atoms with Crippen LogP contribution in [0.15, 0.2) is 24.3 Å². The third-order valence-corrected chi connectivity index (χ3v) is 4.17. The molecule has 1 fully saturated rings. The van der Waals surface area contributed by atoms with Gasteiger partial charge in [0.1, 0.15) is 0 Å². The summed E-state index contributed by atoms with van der Waals surface area (Å²) < 4.78 is 0. The van der Waals surface area contributed by atoms with E-state index in [1.807, 2.05) is 17.0 Å². The van der Waals surface area contributed by atoms with Gasteiger partial charge in [-0.15, -0.1) is 0 Å². The Morgan fingerprint density at radius 1 is 1.23 bits per heavy atom. The van der Waals surface area contributed by atoms with Crippen molar-refractivity contribution >= 4 is 11.8 Å². The first kappa shape index (κ1) is 16.0. The first-order valence-electron chi connectivity index (χ1n) is 7.63. The quantitative estimate of drug-likeness (QED) is 0.896. The lowest BCUT2D eigenvalue weighted by Gasteiger charge is -2.31. The summed E-state index contributed by atoms with van der Waals surface area (Å²) in [4.78, 5) is 25.0. The Bertz CT molecular complexity index is 567. The van der Waals surface area contributed by atoms with Gasteiger partial charge in [-0.05, 0) is 42.9 Å². The van der Waals surface area contributed by atoms with E-state index in [9.17, 15) is 9.59 Å². The molecule has 116 valence electrons. The van der Waals surface area contributed by atoms with E-state index in [1.54, 1.807) is 12.1 Å². The molecule has 2 amide bonds. The van der Waals surface area contributed by atoms with Gasteiger partial charge in [0.05, 0.1) is 11.6 Å². The fraction of sp³-hybridized carbons (Fsp3) is 0.471. The van der Waals surface area contributed by atoms with Crippen LogP contribution in [-0.2, 0) is 16.0 Å². The van der Waals surface area contributed by atoms with Gasteiger partial charge in [0.15, 0.2) is 0 Å². The number of piperidine rings is 1. The van der Waals surface area contributed by atoms with Crippen LogP contribution in [0, 0.1) is 17.2 Å². The van der Waals surface area contributed by atoms with Crippen LogP contribution in [0.4, 0.5) is 0 Å². The van der Waals surface area contributed by atoms with E-state index in [-0.39, 0.29) is 11.8 Å². The molecule has 0 aliphatic carbocycles. The zero-order valence-corrected chi connectivity index (χ0v) is 12.6. The number of nitrogens with zero attached hydrogens (tertiary/aromatic N) is 2. The number of nitriles is 1. The molecular formula is C17H21N3O2. The van der Waals surface area contributed by atoms with Crippen LogP contribution in [0.5, 0.6) is 0 Å². The van der Waals surface area contributed by atoms with Gasteiger partial charge in [-0.1, -0.05) is 12.1 Å². The van der Waals surface area contributed by atoms with Crippen LogP contribution in [0.3, 0.4) is 0 Å². The second-order valence-electron chi connectivity index (χ2n) is 5.80. The Hall–Kier alpha value is -2.35. The number of nitrogens with two attached hydrogens (primary N) is 1. The molecule has 22 heavy (non-hydrogen) atoms. The van der Waals surface area contributed by atoms with E-state index in [2.05, 4.69) is 6.07 Å². The van der Waals surface area contributed by atoms with Crippen LogP contribution in [-0.4, -0.2) is 29.8 Å². The summed E-state index contributed by atoms with van der Waals surface area (Å²) in [5, 5.41) is 8.75. The SMILES string of the molecule is N#Cc1ccc(CCC(=O)N2CCC(CC(N)=O)CC2)cc1. The average molecular weight is 299 g/mol. The molecule has 0 radical (unpaired) electrons. The number of likely N-dealkylation sites (tertiary alicyclic amines) is 1. The third kappa shape index (κ3) is 4.59. The Kier molecular flexibility index (Phi) is 5.54. The number of carbonyl (C=O) groups is 2. The minimum absolute atomic E-state index is 0.155. The molecular weight excluding hydrogens is 278 g/mol. The van der Waals surface area contributed by atoms with Gasteiger partial charge < -0.3 is 10.6 Å². The fourth-order valence-electron chi connectivity index (χ4n) is 2.83. The number of hydrogen-bond donors (Lipinski definition) is 1. The maximum Gasteiger partial charge on any atom is 0.222 e. The summed E-state index contributed by atoms with van der Waals surface area (Å²) in [5.74, 6) is 0.215. The zero-order valence-electron chi connectivity index (χ0n) is 12.6. The van der Waals surface area contributed by atoms with Crippen molar-refractivity contribution < 1.29 is 9.59 Å². The topological polar surface area (TPSA) is 87.2 Å². The molecule has 1 aromatic carbocycles. The van der Waals surface area contributed by atoms with Crippen molar-refractivity contribution in [2.75, 3.05) is 13.1 Å². The lowest BCUT2D eigenvalue weighted by Crippen LogP contribution is -2.39. The first-order valence-corrected chi connectivity index (χ1v) is 7.63. The Balaban J connectivity index is 1.76. The minimum Gasteiger partial charge on any atom is -0.370 e. The van der Waals surface area contributed by atoms with Crippen molar-refractivity contribution in [1.82, 2.24) is 4.90 Å². The second-order valence-corrected chi connectivity index (χ2v) is 5.80. The van der Waals surface area contributed by atoms with Crippen LogP contribution < -0.4 is 5.73 Å². The molecule has 1 aliphatic rings. The minimum atomic E-state index is -0.259. The van der Waals surface area contributed by atoms with Crippen LogP contribution in [0.2, 0.25) is 0 Å². The highest BCUT2D eigenvalue weighted by molar-refractivity contribution is 5.77. The van der Waals surface area contributed by atoms with E-state index in [1.165, 1.54) is 0 Å². The Morgan fingerprint density at radius 2 is 1.86 bits per heavy atom. The lowest BCUT2D eigenvalue weighted by molar-refractivity contribution is -0.132. The standard InChI is InChI=1S/C17H21N3O2/c18-12-15-3-1-13(2-4-15)5-6-17(22)20-9-7-14(8-10-20)11-16(19)21/h1-4,14H,5-11H2,(H2,19,21). The Labute approximate surface area is 130 Å². The summed E-state index contributed by atoms with van der Waals surface area (Å²) >= 11 is 0. The highest BCUT2D eigenvalue weighted by Gasteiger charge is 2.23. The molecule has 1 saturated heterocycles. The van der Waals surface area contributed by atoms with Gasteiger partial charge in [0.25, 0.3) is 0 Å². The van der Waals surface area contributed by atoms with Crippen LogP contribution >= 0.6 is 0 Å². The molecule has 0 bridgehead atoms. The number of aryl methyl sites for hydroxylation is 1. The van der Waals surface area contributed by atoms with E-state index in [0.29, 0.717) is 43.8 Å². The molecule has 2 N–H and O–H groups in total. The smallest absolute Gasteiger partial charge is 0.222 e. The van der Waals surface area contributed by atoms with Gasteiger partial charge in [0.2, 0.25) is 11.8 Å². The molecule has 2 rings (SSSR count). The van der Waals surface area contributed by atoms with Crippen molar-refractivity contribution in [2.45, 2.75) is 32.1 Å². The molecule has 5 heteroatoms. The predicted octanol–water partition coefficient (Wildman–Crippen LogP) is 1.60. The number of primary amides is 1. The summed E-state index contributed by atoms with van der Waals surface area (Å²) in [5.41, 5.74) is 6.91. The summed E-state index contributed by atoms with van der Waals surface area (Å²) in [6, 6.07) is 9.41. The van der Waals surface area contributed by atoms with Gasteiger partial charge in [-0.2, -0.15) is 5.26 Å². The number of rotatable bonds is 5. The number of benzene rings is 1. The van der Waals surface area contributed by atoms with E-state index >= 15 is 0 Å². The number of hydrogen-bond acceptors (Lipinski definition) is 3. The molecule has 5 nitrogen and oxygen atoms in total. The number of amides is 2. The molecule has 1 heterocycles. The first-order chi connectivity index (χ1) is 10.6. The van der Waals surface area contributed by atoms with Gasteiger partial charge in [0, 0.05) is 25.9 Å². The molecule has 0 unspecified atom stereocenters. The van der Waals surface area contributed by atoms with E-state index in [4.69, 9.17) is 11.0 Å². The summed E-state index contributed by atoms with van der Waals surface area (Å²) in [6.07, 6.45) is 3.29. The highest BCUT2D eigenvalue weighted by atomic mass is 16.2. The van der Waals surface area contributed by atoms with Crippen molar-refractivity contribution in [1.29, 1.82) is 5.26 Å². The zero-order chi connectivity index (χ0) is 15.9. The third-order valence-electron chi connectivity index (χ3n) is 4.17. The summed E-state index contributed by atoms with van der Waals surface area (Å²) in [7, 11) is 0. The predicted molar refractivity (Wildman–Crippen MR) is 82.6 cm³/mol. The van der Waals surface area contributed by atoms with Crippen molar-refractivity contribution in [2.24, 2.45) is 11.7 Å². The van der Waals surface area contributed by atoms with Crippen molar-refractivity contribution in [3.8, 4) is 6.07 Å². The molecule has 0 saturated carbocycles. The molecule has 0 atom stereocenters. The fourth-order valence-corrected chi connectivity index (χ4v) is 2.83. The molecule has 0 spiro atoms.